The molecule has 4 N–H and O–H groups in total. The quantitative estimate of drug-likeness (QED) is 0.581. The van der Waals surface area contributed by atoms with Crippen molar-refractivity contribution in [1.29, 1.82) is 0 Å². The molecule has 0 radical (unpaired) electrons. The first kappa shape index (κ1) is 12.6. The minimum absolute atomic E-state index is 0.0911. The zero-order chi connectivity index (χ0) is 11.7. The van der Waals surface area contributed by atoms with Crippen molar-refractivity contribution in [1.82, 2.24) is 0 Å². The van der Waals surface area contributed by atoms with Crippen molar-refractivity contribution in [3.8, 4) is 0 Å². The number of rotatable bonds is 4. The third kappa shape index (κ3) is 4.75. The lowest BCUT2D eigenvalue weighted by Gasteiger charge is -2.05. The Morgan fingerprint density at radius 3 is 2.07 bits per heavy atom. The Morgan fingerprint density at radius 2 is 1.60 bits per heavy atom. The Labute approximate surface area is 85.1 Å². The van der Waals surface area contributed by atoms with E-state index in [1.807, 2.05) is 0 Å². The molecule has 1 aromatic heterocycles. The summed E-state index contributed by atoms with van der Waals surface area (Å²) >= 11 is 0. The molecule has 0 amide bonds. The summed E-state index contributed by atoms with van der Waals surface area (Å²) < 4.78 is 26.1. The predicted octanol–water partition coefficient (Wildman–Crippen LogP) is 0.635. The molecule has 1 heterocycles. The van der Waals surface area contributed by atoms with Crippen LogP contribution in [0.2, 0.25) is 0 Å². The smallest absolute Gasteiger partial charge is 0.333 e. The maximum Gasteiger partial charge on any atom is 0.333 e. The van der Waals surface area contributed by atoms with Gasteiger partial charge in [0.25, 0.3) is 0 Å². The first-order valence-corrected chi connectivity index (χ1v) is 7.41. The molecule has 0 saturated heterocycles. The molecule has 86 valence electrons. The highest BCUT2D eigenvalue weighted by molar-refractivity contribution is 7.51. The van der Waals surface area contributed by atoms with Gasteiger partial charge in [-0.25, -0.2) is 0 Å². The lowest BCUT2D eigenvalue weighted by molar-refractivity contribution is 0.361. The highest BCUT2D eigenvalue weighted by Crippen LogP contribution is 2.44. The second-order valence-electron chi connectivity index (χ2n) is 3.01. The second kappa shape index (κ2) is 4.22. The van der Waals surface area contributed by atoms with Gasteiger partial charge in [0.2, 0.25) is 0 Å². The Hall–Kier alpha value is -0.420. The summed E-state index contributed by atoms with van der Waals surface area (Å²) in [4.78, 5) is 34.7. The van der Waals surface area contributed by atoms with Crippen LogP contribution in [0.1, 0.15) is 11.3 Å². The molecule has 0 unspecified atom stereocenters. The van der Waals surface area contributed by atoms with Crippen molar-refractivity contribution in [2.75, 3.05) is 0 Å². The van der Waals surface area contributed by atoms with Crippen LogP contribution in [0.25, 0.3) is 0 Å². The predicted molar refractivity (Wildman–Crippen MR) is 50.2 cm³/mol. The van der Waals surface area contributed by atoms with Gasteiger partial charge in [-0.1, -0.05) is 0 Å². The lowest BCUT2D eigenvalue weighted by atomic mass is 10.3. The third-order valence-electron chi connectivity index (χ3n) is 1.56. The zero-order valence-corrected chi connectivity index (χ0v) is 9.27. The van der Waals surface area contributed by atoms with E-state index in [-0.39, 0.29) is 11.3 Å². The van der Waals surface area contributed by atoms with Gasteiger partial charge >= 0.3 is 15.2 Å². The van der Waals surface area contributed by atoms with Gasteiger partial charge < -0.3 is 24.0 Å². The Kier molecular flexibility index (Phi) is 3.55. The number of furan rings is 1. The van der Waals surface area contributed by atoms with Gasteiger partial charge in [0.1, 0.15) is 11.9 Å². The number of hydrogen-bond acceptors (Lipinski definition) is 3. The van der Waals surface area contributed by atoms with E-state index < -0.39 is 27.5 Å². The molecule has 0 fully saturated rings. The summed E-state index contributed by atoms with van der Waals surface area (Å²) in [5, 5.41) is 0. The van der Waals surface area contributed by atoms with E-state index in [1.54, 1.807) is 0 Å². The molecule has 9 heteroatoms. The summed E-state index contributed by atoms with van der Waals surface area (Å²) in [7, 11) is -8.55. The van der Waals surface area contributed by atoms with Gasteiger partial charge in [0.05, 0.1) is 12.4 Å². The standard InChI is InChI=1S/C6H10O7P2/c7-14(8,9)3-5-1-2-13-6(5)4-15(10,11)12/h1-2H,3-4H2,(H2,7,8,9)(H2,10,11,12). The number of hydrogen-bond donors (Lipinski definition) is 4. The molecule has 1 aromatic rings. The topological polar surface area (TPSA) is 128 Å². The monoisotopic (exact) mass is 256 g/mol. The average molecular weight is 256 g/mol. The Balaban J connectivity index is 2.88. The van der Waals surface area contributed by atoms with Gasteiger partial charge in [-0.2, -0.15) is 0 Å². The first-order chi connectivity index (χ1) is 6.67. The largest absolute Gasteiger partial charge is 0.468 e. The molecule has 0 aliphatic carbocycles. The summed E-state index contributed by atoms with van der Waals surface area (Å²) in [5.41, 5.74) is 0.117. The Morgan fingerprint density at radius 1 is 1.07 bits per heavy atom. The highest BCUT2D eigenvalue weighted by Gasteiger charge is 2.23. The van der Waals surface area contributed by atoms with E-state index in [4.69, 9.17) is 24.0 Å². The molecule has 0 spiro atoms. The fourth-order valence-corrected chi connectivity index (χ4v) is 2.43. The molecule has 7 nitrogen and oxygen atoms in total. The first-order valence-electron chi connectivity index (χ1n) is 3.82. The highest BCUT2D eigenvalue weighted by atomic mass is 31.2. The van der Waals surface area contributed by atoms with Gasteiger partial charge in [-0.05, 0) is 6.07 Å². The van der Waals surface area contributed by atoms with Crippen LogP contribution in [0.15, 0.2) is 16.7 Å². The SMILES string of the molecule is O=P(O)(O)Cc1ccoc1CP(=O)(O)O. The van der Waals surface area contributed by atoms with E-state index in [1.165, 1.54) is 6.07 Å². The minimum Gasteiger partial charge on any atom is -0.468 e. The molecule has 0 atom stereocenters. The van der Waals surface area contributed by atoms with Crippen molar-refractivity contribution in [2.24, 2.45) is 0 Å². The maximum atomic E-state index is 10.7. The third-order valence-corrected chi connectivity index (χ3v) is 3.02. The fourth-order valence-electron chi connectivity index (χ4n) is 1.06. The maximum absolute atomic E-state index is 10.7. The summed E-state index contributed by atoms with van der Waals surface area (Å²) in [6, 6.07) is 1.28. The molecule has 15 heavy (non-hydrogen) atoms. The van der Waals surface area contributed by atoms with Gasteiger partial charge in [-0.3, -0.25) is 9.13 Å². The van der Waals surface area contributed by atoms with Gasteiger partial charge in [-0.15, -0.1) is 0 Å². The van der Waals surface area contributed by atoms with Crippen molar-refractivity contribution in [3.63, 3.8) is 0 Å². The van der Waals surface area contributed by atoms with Crippen LogP contribution in [0.5, 0.6) is 0 Å². The molecule has 0 saturated carbocycles. The van der Waals surface area contributed by atoms with Crippen LogP contribution >= 0.6 is 15.2 Å². The average Bonchev–Trinajstić information content (AvgIpc) is 2.29. The van der Waals surface area contributed by atoms with E-state index in [0.29, 0.717) is 0 Å². The van der Waals surface area contributed by atoms with Gasteiger partial charge in [0, 0.05) is 5.56 Å². The van der Waals surface area contributed by atoms with Gasteiger partial charge in [0.15, 0.2) is 0 Å². The molecular weight excluding hydrogens is 246 g/mol. The van der Waals surface area contributed by atoms with Crippen molar-refractivity contribution >= 4 is 15.2 Å². The van der Waals surface area contributed by atoms with Crippen LogP contribution in [0, 0.1) is 0 Å². The van der Waals surface area contributed by atoms with E-state index in [2.05, 4.69) is 0 Å². The van der Waals surface area contributed by atoms with E-state index in [0.717, 1.165) is 6.26 Å². The van der Waals surface area contributed by atoms with Crippen LogP contribution in [-0.2, 0) is 21.5 Å². The Bertz CT molecular complexity index is 386. The summed E-state index contributed by atoms with van der Waals surface area (Å²) in [5.74, 6) is -0.0911. The molecule has 0 aliphatic heterocycles. The normalized spacial score (nSPS) is 13.1. The van der Waals surface area contributed by atoms with Crippen molar-refractivity contribution in [2.45, 2.75) is 12.3 Å². The van der Waals surface area contributed by atoms with Crippen LogP contribution < -0.4 is 0 Å². The fraction of sp³-hybridized carbons (Fsp3) is 0.333. The van der Waals surface area contributed by atoms with E-state index in [9.17, 15) is 9.13 Å². The molecule has 1 rings (SSSR count). The molecule has 0 aliphatic rings. The zero-order valence-electron chi connectivity index (χ0n) is 7.48. The second-order valence-corrected chi connectivity index (χ2v) is 6.31. The van der Waals surface area contributed by atoms with E-state index >= 15 is 0 Å². The minimum atomic E-state index is -4.29. The molecule has 0 bridgehead atoms. The van der Waals surface area contributed by atoms with Crippen molar-refractivity contribution in [3.05, 3.63) is 23.7 Å². The summed E-state index contributed by atoms with van der Waals surface area (Å²) in [6.45, 7) is 0. The molecular formula is C6H10O7P2. The van der Waals surface area contributed by atoms with Crippen molar-refractivity contribution < 1.29 is 33.1 Å². The lowest BCUT2D eigenvalue weighted by Crippen LogP contribution is -1.92. The van der Waals surface area contributed by atoms with Crippen LogP contribution in [0.3, 0.4) is 0 Å². The van der Waals surface area contributed by atoms with Crippen LogP contribution in [-0.4, -0.2) is 19.6 Å². The summed E-state index contributed by atoms with van der Waals surface area (Å²) in [6.07, 6.45) is -0.107. The van der Waals surface area contributed by atoms with Crippen LogP contribution in [0.4, 0.5) is 0 Å². The molecule has 0 aromatic carbocycles.